The summed E-state index contributed by atoms with van der Waals surface area (Å²) in [6.45, 7) is 3.47. The third kappa shape index (κ3) is 5.12. The van der Waals surface area contributed by atoms with Crippen LogP contribution in [0.2, 0.25) is 0 Å². The number of carbonyl (C=O) groups is 2. The molecule has 4 rings (SSSR count). The van der Waals surface area contributed by atoms with Gasteiger partial charge >= 0.3 is 0 Å². The van der Waals surface area contributed by atoms with Crippen LogP contribution in [0, 0.1) is 5.82 Å². The summed E-state index contributed by atoms with van der Waals surface area (Å²) in [4.78, 5) is 29.6. The van der Waals surface area contributed by atoms with E-state index in [1.165, 1.54) is 24.4 Å². The molecule has 0 saturated heterocycles. The Morgan fingerprint density at radius 1 is 1.06 bits per heavy atom. The molecule has 0 bridgehead atoms. The van der Waals surface area contributed by atoms with Crippen LogP contribution in [0.1, 0.15) is 30.0 Å². The summed E-state index contributed by atoms with van der Waals surface area (Å²) in [6, 6.07) is 16.8. The van der Waals surface area contributed by atoms with Gasteiger partial charge in [0.15, 0.2) is 5.82 Å². The quantitative estimate of drug-likeness (QED) is 0.448. The summed E-state index contributed by atoms with van der Waals surface area (Å²) in [5.41, 5.74) is 0.312. The molecule has 0 radical (unpaired) electrons. The molecule has 4 aromatic rings. The van der Waals surface area contributed by atoms with Crippen LogP contribution in [0.15, 0.2) is 71.4 Å². The van der Waals surface area contributed by atoms with Crippen LogP contribution in [0.3, 0.4) is 0 Å². The molecule has 2 heterocycles. The molecule has 0 aliphatic rings. The molecule has 0 unspecified atom stereocenters. The number of hydrogen-bond acceptors (Lipinski definition) is 6. The maximum absolute atomic E-state index is 13.4. The fourth-order valence-electron chi connectivity index (χ4n) is 3.07. The van der Waals surface area contributed by atoms with Gasteiger partial charge in [-0.1, -0.05) is 35.5 Å². The number of anilines is 1. The fourth-order valence-corrected chi connectivity index (χ4v) is 3.07. The van der Waals surface area contributed by atoms with Crippen molar-refractivity contribution in [3.63, 3.8) is 0 Å². The minimum atomic E-state index is -1.30. The van der Waals surface area contributed by atoms with Gasteiger partial charge in [0.25, 0.3) is 11.8 Å². The van der Waals surface area contributed by atoms with Crippen LogP contribution in [0.25, 0.3) is 11.4 Å². The van der Waals surface area contributed by atoms with Gasteiger partial charge in [-0.3, -0.25) is 14.9 Å². The summed E-state index contributed by atoms with van der Waals surface area (Å²) in [5, 5.41) is 13.1. The maximum Gasteiger partial charge on any atom is 0.290 e. The summed E-state index contributed by atoms with van der Waals surface area (Å²) >= 11 is 0. The predicted molar refractivity (Wildman–Crippen MR) is 118 cm³/mol. The zero-order valence-corrected chi connectivity index (χ0v) is 17.9. The Morgan fingerprint density at radius 3 is 2.45 bits per heavy atom. The molecule has 0 fully saturated rings. The van der Waals surface area contributed by atoms with E-state index in [-0.39, 0.29) is 17.5 Å². The smallest absolute Gasteiger partial charge is 0.290 e. The van der Waals surface area contributed by atoms with Crippen LogP contribution >= 0.6 is 0 Å². The van der Waals surface area contributed by atoms with E-state index in [0.717, 1.165) is 5.56 Å². The molecule has 0 saturated carbocycles. The number of carbonyl (C=O) groups excluding carboxylic acids is 2. The SMILES string of the molecule is CC(C)(NC(=O)c1ccno1)C(=O)Nc1nc(-c2ccc(F)cc2)n(Cc2ccccc2)n1. The van der Waals surface area contributed by atoms with Crippen molar-refractivity contribution in [2.45, 2.75) is 25.9 Å². The van der Waals surface area contributed by atoms with E-state index in [4.69, 9.17) is 4.52 Å². The number of halogens is 1. The van der Waals surface area contributed by atoms with E-state index in [1.54, 1.807) is 30.7 Å². The second-order valence-electron chi connectivity index (χ2n) is 7.82. The molecular weight excluding hydrogens is 427 g/mol. The molecule has 2 aromatic heterocycles. The highest BCUT2D eigenvalue weighted by Gasteiger charge is 2.32. The van der Waals surface area contributed by atoms with Crippen LogP contribution in [-0.4, -0.2) is 37.3 Å². The fraction of sp³-hybridized carbons (Fsp3) is 0.174. The Morgan fingerprint density at radius 2 is 1.79 bits per heavy atom. The minimum absolute atomic E-state index is 0.0141. The molecule has 2 N–H and O–H groups in total. The second kappa shape index (κ2) is 9.03. The van der Waals surface area contributed by atoms with Crippen LogP contribution in [-0.2, 0) is 11.3 Å². The van der Waals surface area contributed by atoms with E-state index >= 15 is 0 Å². The van der Waals surface area contributed by atoms with Gasteiger partial charge in [0.2, 0.25) is 11.7 Å². The van der Waals surface area contributed by atoms with Crippen molar-refractivity contribution in [3.05, 3.63) is 84.0 Å². The Hall–Kier alpha value is -4.34. The average molecular weight is 448 g/mol. The van der Waals surface area contributed by atoms with Gasteiger partial charge in [0, 0.05) is 11.6 Å². The number of nitrogens with one attached hydrogen (secondary N) is 2. The van der Waals surface area contributed by atoms with Crippen LogP contribution in [0.4, 0.5) is 10.3 Å². The van der Waals surface area contributed by atoms with Crippen molar-refractivity contribution >= 4 is 17.8 Å². The summed E-state index contributed by atoms with van der Waals surface area (Å²) in [6.07, 6.45) is 1.34. The largest absolute Gasteiger partial charge is 0.351 e. The monoisotopic (exact) mass is 448 g/mol. The van der Waals surface area contributed by atoms with Gasteiger partial charge in [-0.25, -0.2) is 9.07 Å². The van der Waals surface area contributed by atoms with Crippen molar-refractivity contribution in [2.75, 3.05) is 5.32 Å². The summed E-state index contributed by atoms with van der Waals surface area (Å²) < 4.78 is 19.9. The van der Waals surface area contributed by atoms with Crippen molar-refractivity contribution in [3.8, 4) is 11.4 Å². The zero-order chi connectivity index (χ0) is 23.4. The molecule has 0 spiro atoms. The molecule has 10 heteroatoms. The van der Waals surface area contributed by atoms with Gasteiger partial charge in [-0.15, -0.1) is 5.10 Å². The van der Waals surface area contributed by atoms with E-state index < -0.39 is 17.4 Å². The number of amides is 2. The standard InChI is InChI=1S/C23H21FN6O3/c1-23(2,28-20(31)18-12-13-25-33-18)21(32)27-22-26-19(16-8-10-17(24)11-9-16)30(29-22)14-15-6-4-3-5-7-15/h3-13H,14H2,1-2H3,(H,28,31)(H,27,29,32). The number of nitrogens with zero attached hydrogens (tertiary/aromatic N) is 4. The molecule has 0 atom stereocenters. The molecule has 2 aromatic carbocycles. The molecule has 33 heavy (non-hydrogen) atoms. The van der Waals surface area contributed by atoms with Crippen molar-refractivity contribution in [1.82, 2.24) is 25.2 Å². The minimum Gasteiger partial charge on any atom is -0.351 e. The Bertz CT molecular complexity index is 1250. The molecular formula is C23H21FN6O3. The van der Waals surface area contributed by atoms with Gasteiger partial charge in [-0.05, 0) is 43.7 Å². The van der Waals surface area contributed by atoms with Gasteiger partial charge < -0.3 is 9.84 Å². The normalized spacial score (nSPS) is 11.2. The summed E-state index contributed by atoms with van der Waals surface area (Å²) in [5.74, 6) is -0.986. The first-order valence-electron chi connectivity index (χ1n) is 10.1. The molecule has 168 valence electrons. The van der Waals surface area contributed by atoms with Crippen LogP contribution in [0.5, 0.6) is 0 Å². The lowest BCUT2D eigenvalue weighted by atomic mass is 10.0. The molecule has 0 aliphatic carbocycles. The maximum atomic E-state index is 13.4. The Kier molecular flexibility index (Phi) is 5.99. The van der Waals surface area contributed by atoms with Crippen LogP contribution < -0.4 is 10.6 Å². The van der Waals surface area contributed by atoms with Crippen molar-refractivity contribution in [1.29, 1.82) is 0 Å². The lowest BCUT2D eigenvalue weighted by molar-refractivity contribution is -0.121. The Balaban J connectivity index is 1.58. The van der Waals surface area contributed by atoms with E-state index in [9.17, 15) is 14.0 Å². The third-order valence-electron chi connectivity index (χ3n) is 4.83. The van der Waals surface area contributed by atoms with Crippen molar-refractivity contribution in [2.24, 2.45) is 0 Å². The first kappa shape index (κ1) is 21.9. The lowest BCUT2D eigenvalue weighted by Crippen LogP contribution is -2.52. The second-order valence-corrected chi connectivity index (χ2v) is 7.82. The van der Waals surface area contributed by atoms with E-state index in [0.29, 0.717) is 17.9 Å². The lowest BCUT2D eigenvalue weighted by Gasteiger charge is -2.23. The van der Waals surface area contributed by atoms with Gasteiger partial charge in [0.05, 0.1) is 12.7 Å². The zero-order valence-electron chi connectivity index (χ0n) is 17.9. The highest BCUT2D eigenvalue weighted by molar-refractivity contribution is 6.01. The van der Waals surface area contributed by atoms with Crippen molar-refractivity contribution < 1.29 is 18.5 Å². The first-order valence-corrected chi connectivity index (χ1v) is 10.1. The van der Waals surface area contributed by atoms with E-state index in [1.807, 2.05) is 30.3 Å². The topological polar surface area (TPSA) is 115 Å². The number of aromatic nitrogens is 4. The highest BCUT2D eigenvalue weighted by atomic mass is 19.1. The number of benzene rings is 2. The first-order chi connectivity index (χ1) is 15.8. The number of rotatable bonds is 7. The number of hydrogen-bond donors (Lipinski definition) is 2. The molecule has 9 nitrogen and oxygen atoms in total. The van der Waals surface area contributed by atoms with E-state index in [2.05, 4.69) is 25.9 Å². The predicted octanol–water partition coefficient (Wildman–Crippen LogP) is 3.27. The average Bonchev–Trinajstić information content (AvgIpc) is 3.45. The van der Waals surface area contributed by atoms with Gasteiger partial charge in [0.1, 0.15) is 11.4 Å². The third-order valence-corrected chi connectivity index (χ3v) is 4.83. The summed E-state index contributed by atoms with van der Waals surface area (Å²) in [7, 11) is 0. The highest BCUT2D eigenvalue weighted by Crippen LogP contribution is 2.21. The van der Waals surface area contributed by atoms with Gasteiger partial charge in [-0.2, -0.15) is 4.98 Å². The molecule has 0 aliphatic heterocycles. The molecule has 2 amide bonds. The Labute approximate surface area is 188 Å².